The van der Waals surface area contributed by atoms with Crippen LogP contribution in [0, 0.1) is 0 Å². The summed E-state index contributed by atoms with van der Waals surface area (Å²) in [6.45, 7) is 0. The van der Waals surface area contributed by atoms with E-state index in [-0.39, 0.29) is 0 Å². The van der Waals surface area contributed by atoms with Gasteiger partial charge in [-0.15, -0.1) is 0 Å². The third-order valence-corrected chi connectivity index (χ3v) is 3.02. The monoisotopic (exact) mass is 270 g/mol. The average molecular weight is 270 g/mol. The van der Waals surface area contributed by atoms with Crippen LogP contribution >= 0.6 is 0 Å². The summed E-state index contributed by atoms with van der Waals surface area (Å²) in [4.78, 5) is 23.7. The summed E-state index contributed by atoms with van der Waals surface area (Å²) in [5.74, 6) is -2.18. The van der Waals surface area contributed by atoms with Crippen molar-refractivity contribution in [1.82, 2.24) is 0 Å². The van der Waals surface area contributed by atoms with Gasteiger partial charge in [0.25, 0.3) is 0 Å². The molecule has 0 fully saturated rings. The molecule has 2 aromatic rings. The van der Waals surface area contributed by atoms with Crippen molar-refractivity contribution < 1.29 is 19.4 Å². The zero-order valence-corrected chi connectivity index (χ0v) is 10.9. The van der Waals surface area contributed by atoms with Gasteiger partial charge >= 0.3 is 5.97 Å². The van der Waals surface area contributed by atoms with Crippen LogP contribution in [0.4, 0.5) is 0 Å². The van der Waals surface area contributed by atoms with Gasteiger partial charge in [0, 0.05) is 5.56 Å². The molecule has 0 amide bonds. The first-order chi connectivity index (χ1) is 9.63. The molecule has 0 saturated carbocycles. The molecule has 0 aromatic heterocycles. The number of hydrogen-bond donors (Lipinski definition) is 1. The van der Waals surface area contributed by atoms with Crippen LogP contribution in [0.2, 0.25) is 0 Å². The molecule has 102 valence electrons. The van der Waals surface area contributed by atoms with Crippen LogP contribution in [0.5, 0.6) is 5.75 Å². The SMILES string of the molecule is COc1ccc(C(C(=O)O)C(=O)c2ccccc2)cc1. The van der Waals surface area contributed by atoms with Crippen LogP contribution in [-0.4, -0.2) is 24.0 Å². The molecule has 0 aliphatic heterocycles. The van der Waals surface area contributed by atoms with Crippen molar-refractivity contribution in [3.8, 4) is 5.75 Å². The summed E-state index contributed by atoms with van der Waals surface area (Å²) in [6, 6.07) is 14.9. The van der Waals surface area contributed by atoms with E-state index in [0.29, 0.717) is 16.9 Å². The number of Topliss-reactive ketones (excluding diaryl/α,β-unsaturated/α-hetero) is 1. The summed E-state index contributed by atoms with van der Waals surface area (Å²) in [6.07, 6.45) is 0. The van der Waals surface area contributed by atoms with Crippen molar-refractivity contribution in [3.05, 3.63) is 65.7 Å². The van der Waals surface area contributed by atoms with E-state index in [0.717, 1.165) is 0 Å². The van der Waals surface area contributed by atoms with Crippen molar-refractivity contribution in [2.45, 2.75) is 5.92 Å². The molecule has 1 N–H and O–H groups in total. The molecule has 4 nitrogen and oxygen atoms in total. The zero-order chi connectivity index (χ0) is 14.5. The van der Waals surface area contributed by atoms with Crippen LogP contribution in [0.1, 0.15) is 21.8 Å². The molecule has 0 saturated heterocycles. The van der Waals surface area contributed by atoms with E-state index in [1.165, 1.54) is 7.11 Å². The number of carboxylic acids is 1. The Morgan fingerprint density at radius 3 is 2.10 bits per heavy atom. The molecule has 2 aromatic carbocycles. The van der Waals surface area contributed by atoms with Gasteiger partial charge in [-0.2, -0.15) is 0 Å². The van der Waals surface area contributed by atoms with Crippen LogP contribution in [0.3, 0.4) is 0 Å². The lowest BCUT2D eigenvalue weighted by atomic mass is 9.91. The number of carbonyl (C=O) groups is 2. The minimum atomic E-state index is -1.21. The summed E-state index contributed by atoms with van der Waals surface area (Å²) in [5, 5.41) is 9.33. The number of carbonyl (C=O) groups excluding carboxylic acids is 1. The fourth-order valence-electron chi connectivity index (χ4n) is 1.97. The second kappa shape index (κ2) is 6.02. The van der Waals surface area contributed by atoms with E-state index in [1.54, 1.807) is 54.6 Å². The van der Waals surface area contributed by atoms with Crippen LogP contribution < -0.4 is 4.74 Å². The molecule has 20 heavy (non-hydrogen) atoms. The summed E-state index contributed by atoms with van der Waals surface area (Å²) < 4.78 is 5.02. The molecule has 0 aliphatic carbocycles. The van der Waals surface area contributed by atoms with E-state index in [4.69, 9.17) is 4.74 Å². The van der Waals surface area contributed by atoms with Gasteiger partial charge in [0.2, 0.25) is 0 Å². The lowest BCUT2D eigenvalue weighted by Gasteiger charge is -2.12. The quantitative estimate of drug-likeness (QED) is 0.670. The topological polar surface area (TPSA) is 63.6 Å². The Kier molecular flexibility index (Phi) is 4.15. The molecule has 1 unspecified atom stereocenters. The highest BCUT2D eigenvalue weighted by atomic mass is 16.5. The zero-order valence-electron chi connectivity index (χ0n) is 10.9. The fourth-order valence-corrected chi connectivity index (χ4v) is 1.97. The van der Waals surface area contributed by atoms with Gasteiger partial charge < -0.3 is 9.84 Å². The van der Waals surface area contributed by atoms with E-state index >= 15 is 0 Å². The Balaban J connectivity index is 2.36. The predicted molar refractivity (Wildman–Crippen MR) is 74.1 cm³/mol. The molecule has 0 spiro atoms. The maximum atomic E-state index is 12.3. The minimum absolute atomic E-state index is 0.385. The van der Waals surface area contributed by atoms with Crippen molar-refractivity contribution in [2.75, 3.05) is 7.11 Å². The van der Waals surface area contributed by atoms with Crippen molar-refractivity contribution >= 4 is 11.8 Å². The molecule has 4 heteroatoms. The van der Waals surface area contributed by atoms with E-state index in [2.05, 4.69) is 0 Å². The van der Waals surface area contributed by atoms with Crippen LogP contribution in [0.15, 0.2) is 54.6 Å². The molecule has 2 rings (SSSR count). The summed E-state index contributed by atoms with van der Waals surface area (Å²) in [7, 11) is 1.53. The number of ketones is 1. The number of carboxylic acid groups (broad SMARTS) is 1. The molecule has 0 radical (unpaired) electrons. The standard InChI is InChI=1S/C16H14O4/c1-20-13-9-7-11(8-10-13)14(16(18)19)15(17)12-5-3-2-4-6-12/h2-10,14H,1H3,(H,18,19). The number of methoxy groups -OCH3 is 1. The van der Waals surface area contributed by atoms with E-state index < -0.39 is 17.7 Å². The Labute approximate surface area is 116 Å². The highest BCUT2D eigenvalue weighted by Gasteiger charge is 2.28. The van der Waals surface area contributed by atoms with Gasteiger partial charge in [0.1, 0.15) is 11.7 Å². The largest absolute Gasteiger partial charge is 0.497 e. The first kappa shape index (κ1) is 13.8. The van der Waals surface area contributed by atoms with Gasteiger partial charge in [-0.25, -0.2) is 0 Å². The third kappa shape index (κ3) is 2.85. The molecule has 0 heterocycles. The predicted octanol–water partition coefficient (Wildman–Crippen LogP) is 2.75. The maximum Gasteiger partial charge on any atom is 0.318 e. The number of ether oxygens (including phenoxy) is 1. The Morgan fingerprint density at radius 2 is 1.60 bits per heavy atom. The van der Waals surface area contributed by atoms with Gasteiger partial charge in [-0.1, -0.05) is 42.5 Å². The number of benzene rings is 2. The normalized spacial score (nSPS) is 11.7. The molecule has 0 aliphatic rings. The average Bonchev–Trinajstić information content (AvgIpc) is 2.48. The Bertz CT molecular complexity index is 602. The molecular weight excluding hydrogens is 256 g/mol. The number of hydrogen-bond acceptors (Lipinski definition) is 3. The molecular formula is C16H14O4. The van der Waals surface area contributed by atoms with Crippen LogP contribution in [0.25, 0.3) is 0 Å². The highest BCUT2D eigenvalue weighted by molar-refractivity contribution is 6.12. The van der Waals surface area contributed by atoms with Gasteiger partial charge in [-0.3, -0.25) is 9.59 Å². The third-order valence-electron chi connectivity index (χ3n) is 3.02. The Morgan fingerprint density at radius 1 is 1.00 bits per heavy atom. The minimum Gasteiger partial charge on any atom is -0.497 e. The van der Waals surface area contributed by atoms with Crippen molar-refractivity contribution in [3.63, 3.8) is 0 Å². The van der Waals surface area contributed by atoms with Gasteiger partial charge in [-0.05, 0) is 17.7 Å². The first-order valence-corrected chi connectivity index (χ1v) is 6.09. The number of aliphatic carboxylic acids is 1. The first-order valence-electron chi connectivity index (χ1n) is 6.09. The molecule has 1 atom stereocenters. The smallest absolute Gasteiger partial charge is 0.318 e. The fraction of sp³-hybridized carbons (Fsp3) is 0.125. The lowest BCUT2D eigenvalue weighted by molar-refractivity contribution is -0.137. The van der Waals surface area contributed by atoms with Gasteiger partial charge in [0.05, 0.1) is 7.11 Å². The van der Waals surface area contributed by atoms with Crippen molar-refractivity contribution in [1.29, 1.82) is 0 Å². The van der Waals surface area contributed by atoms with Crippen LogP contribution in [-0.2, 0) is 4.79 Å². The highest BCUT2D eigenvalue weighted by Crippen LogP contribution is 2.23. The van der Waals surface area contributed by atoms with Gasteiger partial charge in [0.15, 0.2) is 5.78 Å². The van der Waals surface area contributed by atoms with E-state index in [9.17, 15) is 14.7 Å². The lowest BCUT2D eigenvalue weighted by Crippen LogP contribution is -2.21. The van der Waals surface area contributed by atoms with E-state index in [1.807, 2.05) is 0 Å². The second-order valence-electron chi connectivity index (χ2n) is 4.27. The second-order valence-corrected chi connectivity index (χ2v) is 4.27. The summed E-state index contributed by atoms with van der Waals surface area (Å²) in [5.41, 5.74) is 0.822. The number of rotatable bonds is 5. The maximum absolute atomic E-state index is 12.3. The summed E-state index contributed by atoms with van der Waals surface area (Å²) >= 11 is 0. The van der Waals surface area contributed by atoms with Crippen molar-refractivity contribution in [2.24, 2.45) is 0 Å². The Hall–Kier alpha value is -2.62. The molecule has 0 bridgehead atoms.